The smallest absolute Gasteiger partial charge is 0.340 e. The molecule has 0 amide bonds. The molecule has 0 radical (unpaired) electrons. The third-order valence-electron chi connectivity index (χ3n) is 2.60. The molecule has 0 fully saturated rings. The lowest BCUT2D eigenvalue weighted by Crippen LogP contribution is -2.00. The molecule has 98 valence electrons. The minimum absolute atomic E-state index is 0.0281. The van der Waals surface area contributed by atoms with Crippen LogP contribution in [0.15, 0.2) is 30.3 Å². The van der Waals surface area contributed by atoms with Crippen LogP contribution >= 0.6 is 0 Å². The van der Waals surface area contributed by atoms with E-state index in [0.717, 1.165) is 18.2 Å². The maximum Gasteiger partial charge on any atom is 0.340 e. The van der Waals surface area contributed by atoms with Crippen LogP contribution < -0.4 is 0 Å². The summed E-state index contributed by atoms with van der Waals surface area (Å²) in [7, 11) is 0. The molecule has 5 N–H and O–H groups in total. The van der Waals surface area contributed by atoms with Crippen molar-refractivity contribution in [3.05, 3.63) is 35.9 Å². The number of hydrogen-bond donors (Lipinski definition) is 5. The van der Waals surface area contributed by atoms with Gasteiger partial charge in [-0.05, 0) is 23.8 Å². The summed E-state index contributed by atoms with van der Waals surface area (Å²) >= 11 is 0. The Morgan fingerprint density at radius 2 is 1.53 bits per heavy atom. The summed E-state index contributed by atoms with van der Waals surface area (Å²) in [5.74, 6) is -3.07. The maximum atomic E-state index is 11.1. The Labute approximate surface area is 107 Å². The Kier molecular flexibility index (Phi) is 2.92. The molecule has 0 unspecified atom stereocenters. The highest BCUT2D eigenvalue weighted by Gasteiger charge is 2.19. The molecule has 0 spiro atoms. The van der Waals surface area contributed by atoms with Crippen LogP contribution in [0.5, 0.6) is 23.0 Å². The summed E-state index contributed by atoms with van der Waals surface area (Å²) < 4.78 is 0. The van der Waals surface area contributed by atoms with Crippen molar-refractivity contribution in [2.45, 2.75) is 0 Å². The quantitative estimate of drug-likeness (QED) is 0.527. The van der Waals surface area contributed by atoms with E-state index in [9.17, 15) is 25.2 Å². The first kappa shape index (κ1) is 12.6. The van der Waals surface area contributed by atoms with E-state index < -0.39 is 23.0 Å². The third-order valence-corrected chi connectivity index (χ3v) is 2.60. The van der Waals surface area contributed by atoms with Crippen molar-refractivity contribution in [2.24, 2.45) is 0 Å². The van der Waals surface area contributed by atoms with Crippen LogP contribution in [0.1, 0.15) is 10.4 Å². The second-order valence-corrected chi connectivity index (χ2v) is 3.90. The lowest BCUT2D eigenvalue weighted by Gasteiger charge is -2.10. The number of benzene rings is 2. The van der Waals surface area contributed by atoms with E-state index in [1.165, 1.54) is 12.1 Å². The molecule has 2 rings (SSSR count). The molecule has 0 aromatic heterocycles. The fourth-order valence-corrected chi connectivity index (χ4v) is 1.76. The van der Waals surface area contributed by atoms with Crippen molar-refractivity contribution in [1.29, 1.82) is 0 Å². The lowest BCUT2D eigenvalue weighted by atomic mass is 9.98. The Morgan fingerprint density at radius 1 is 0.842 bits per heavy atom. The number of carboxylic acid groups (broad SMARTS) is 1. The largest absolute Gasteiger partial charge is 0.508 e. The molecular formula is C13H10O6. The van der Waals surface area contributed by atoms with Crippen LogP contribution in [-0.4, -0.2) is 31.5 Å². The second-order valence-electron chi connectivity index (χ2n) is 3.90. The summed E-state index contributed by atoms with van der Waals surface area (Å²) in [5, 5.41) is 46.7. The van der Waals surface area contributed by atoms with E-state index in [2.05, 4.69) is 0 Å². The van der Waals surface area contributed by atoms with Crippen molar-refractivity contribution < 1.29 is 30.3 Å². The molecule has 2 aromatic rings. The van der Waals surface area contributed by atoms with E-state index in [4.69, 9.17) is 5.11 Å². The fourth-order valence-electron chi connectivity index (χ4n) is 1.76. The van der Waals surface area contributed by atoms with Crippen LogP contribution in [0.2, 0.25) is 0 Å². The van der Waals surface area contributed by atoms with Crippen LogP contribution in [0, 0.1) is 0 Å². The van der Waals surface area contributed by atoms with E-state index >= 15 is 0 Å². The number of aromatic hydroxyl groups is 4. The van der Waals surface area contributed by atoms with Gasteiger partial charge in [0.05, 0.1) is 0 Å². The van der Waals surface area contributed by atoms with Crippen LogP contribution in [0.25, 0.3) is 11.1 Å². The topological polar surface area (TPSA) is 118 Å². The third kappa shape index (κ3) is 2.23. The van der Waals surface area contributed by atoms with Gasteiger partial charge >= 0.3 is 5.97 Å². The van der Waals surface area contributed by atoms with E-state index in [1.54, 1.807) is 0 Å². The first-order valence-electron chi connectivity index (χ1n) is 5.21. The summed E-state index contributed by atoms with van der Waals surface area (Å²) in [4.78, 5) is 11.1. The van der Waals surface area contributed by atoms with E-state index in [1.807, 2.05) is 0 Å². The monoisotopic (exact) mass is 262 g/mol. The van der Waals surface area contributed by atoms with Gasteiger partial charge in [0.1, 0.15) is 17.1 Å². The first-order chi connectivity index (χ1) is 8.90. The number of phenolic OH excluding ortho intramolecular Hbond substituents is 3. The van der Waals surface area contributed by atoms with Crippen LogP contribution in [0.3, 0.4) is 0 Å². The summed E-state index contributed by atoms with van der Waals surface area (Å²) in [5.41, 5.74) is -0.137. The van der Waals surface area contributed by atoms with Gasteiger partial charge in [0, 0.05) is 11.6 Å². The van der Waals surface area contributed by atoms with Gasteiger partial charge in [0.2, 0.25) is 0 Å². The Balaban J connectivity index is 2.73. The first-order valence-corrected chi connectivity index (χ1v) is 5.21. The normalized spacial score (nSPS) is 10.3. The van der Waals surface area contributed by atoms with Crippen LogP contribution in [-0.2, 0) is 0 Å². The Hall–Kier alpha value is -2.89. The minimum Gasteiger partial charge on any atom is -0.508 e. The molecule has 0 saturated heterocycles. The molecule has 6 heteroatoms. The standard InChI is InChI=1S/C13H10O6/c14-7-4-8(12(13(18)19)11(17)5-7)6-1-2-9(15)10(16)3-6/h1-5,14-17H,(H,18,19). The van der Waals surface area contributed by atoms with E-state index in [0.29, 0.717) is 0 Å². The molecule has 0 aliphatic rings. The average molecular weight is 262 g/mol. The molecule has 0 atom stereocenters. The number of carbonyl (C=O) groups is 1. The number of phenols is 4. The predicted molar refractivity (Wildman–Crippen MR) is 65.5 cm³/mol. The van der Waals surface area contributed by atoms with E-state index in [-0.39, 0.29) is 22.6 Å². The molecule has 19 heavy (non-hydrogen) atoms. The SMILES string of the molecule is O=C(O)c1c(O)cc(O)cc1-c1ccc(O)c(O)c1. The zero-order chi connectivity index (χ0) is 14.2. The Bertz CT molecular complexity index is 662. The average Bonchev–Trinajstić information content (AvgIpc) is 2.31. The van der Waals surface area contributed by atoms with Gasteiger partial charge in [0.15, 0.2) is 11.5 Å². The molecule has 0 saturated carbocycles. The highest BCUT2D eigenvalue weighted by atomic mass is 16.4. The molecule has 2 aromatic carbocycles. The Morgan fingerprint density at radius 3 is 2.11 bits per heavy atom. The molecule has 0 heterocycles. The molecule has 0 aliphatic heterocycles. The van der Waals surface area contributed by atoms with Gasteiger partial charge in [-0.2, -0.15) is 0 Å². The van der Waals surface area contributed by atoms with Gasteiger partial charge < -0.3 is 25.5 Å². The highest BCUT2D eigenvalue weighted by Crippen LogP contribution is 2.37. The molecule has 6 nitrogen and oxygen atoms in total. The van der Waals surface area contributed by atoms with Crippen LogP contribution in [0.4, 0.5) is 0 Å². The van der Waals surface area contributed by atoms with Gasteiger partial charge in [-0.1, -0.05) is 6.07 Å². The predicted octanol–water partition coefficient (Wildman–Crippen LogP) is 1.87. The number of aromatic carboxylic acids is 1. The van der Waals surface area contributed by atoms with Crippen molar-refractivity contribution >= 4 is 5.97 Å². The summed E-state index contributed by atoms with van der Waals surface area (Å²) in [6, 6.07) is 5.73. The van der Waals surface area contributed by atoms with Gasteiger partial charge in [-0.25, -0.2) is 4.79 Å². The van der Waals surface area contributed by atoms with Gasteiger partial charge in [0.25, 0.3) is 0 Å². The fraction of sp³-hybridized carbons (Fsp3) is 0. The lowest BCUT2D eigenvalue weighted by molar-refractivity contribution is 0.0694. The molecule has 0 bridgehead atoms. The van der Waals surface area contributed by atoms with Gasteiger partial charge in [-0.15, -0.1) is 0 Å². The maximum absolute atomic E-state index is 11.1. The summed E-state index contributed by atoms with van der Waals surface area (Å²) in [6.07, 6.45) is 0. The molecular weight excluding hydrogens is 252 g/mol. The zero-order valence-electron chi connectivity index (χ0n) is 9.53. The molecule has 0 aliphatic carbocycles. The van der Waals surface area contributed by atoms with Crippen molar-refractivity contribution in [3.63, 3.8) is 0 Å². The number of hydrogen-bond acceptors (Lipinski definition) is 5. The number of rotatable bonds is 2. The van der Waals surface area contributed by atoms with Crippen molar-refractivity contribution in [3.8, 4) is 34.1 Å². The second kappa shape index (κ2) is 4.41. The minimum atomic E-state index is -1.37. The highest BCUT2D eigenvalue weighted by molar-refractivity contribution is 5.99. The zero-order valence-corrected chi connectivity index (χ0v) is 9.53. The summed E-state index contributed by atoms with van der Waals surface area (Å²) in [6.45, 7) is 0. The van der Waals surface area contributed by atoms with Crippen molar-refractivity contribution in [2.75, 3.05) is 0 Å². The van der Waals surface area contributed by atoms with Crippen molar-refractivity contribution in [1.82, 2.24) is 0 Å². The van der Waals surface area contributed by atoms with Gasteiger partial charge in [-0.3, -0.25) is 0 Å². The number of carboxylic acids is 1.